The maximum Gasteiger partial charge on any atom is 0.254 e. The molecule has 0 radical (unpaired) electrons. The molecule has 30 heavy (non-hydrogen) atoms. The Balaban J connectivity index is 1.37. The molecule has 1 aromatic carbocycles. The van der Waals surface area contributed by atoms with Gasteiger partial charge in [0, 0.05) is 43.2 Å². The molecule has 1 saturated carbocycles. The minimum absolute atomic E-state index is 0.0246. The van der Waals surface area contributed by atoms with Gasteiger partial charge < -0.3 is 19.3 Å². The van der Waals surface area contributed by atoms with Crippen LogP contribution in [0.1, 0.15) is 61.7 Å². The summed E-state index contributed by atoms with van der Waals surface area (Å²) in [5.74, 6) is 2.28. The van der Waals surface area contributed by atoms with Gasteiger partial charge in [0.1, 0.15) is 11.5 Å². The van der Waals surface area contributed by atoms with E-state index in [4.69, 9.17) is 9.47 Å². The van der Waals surface area contributed by atoms with E-state index in [1.165, 1.54) is 32.1 Å². The maximum absolute atomic E-state index is 13.3. The van der Waals surface area contributed by atoms with Crippen LogP contribution < -0.4 is 9.47 Å². The van der Waals surface area contributed by atoms with Gasteiger partial charge >= 0.3 is 0 Å². The van der Waals surface area contributed by atoms with Crippen molar-refractivity contribution in [2.75, 3.05) is 33.9 Å². The largest absolute Gasteiger partial charge is 0.497 e. The van der Waals surface area contributed by atoms with Crippen molar-refractivity contribution in [3.63, 3.8) is 0 Å². The van der Waals surface area contributed by atoms with E-state index in [1.54, 1.807) is 32.4 Å². The lowest BCUT2D eigenvalue weighted by Gasteiger charge is -2.46. The average molecular weight is 415 g/mol. The minimum Gasteiger partial charge on any atom is -0.497 e. The predicted molar refractivity (Wildman–Crippen MR) is 115 cm³/mol. The molecule has 0 bridgehead atoms. The third kappa shape index (κ3) is 4.28. The van der Waals surface area contributed by atoms with Crippen molar-refractivity contribution < 1.29 is 19.1 Å². The molecule has 3 aliphatic rings. The van der Waals surface area contributed by atoms with E-state index in [1.807, 2.05) is 4.90 Å². The van der Waals surface area contributed by atoms with Crippen molar-refractivity contribution in [2.24, 2.45) is 11.8 Å². The highest BCUT2D eigenvalue weighted by molar-refractivity contribution is 5.95. The van der Waals surface area contributed by atoms with Gasteiger partial charge in [0.15, 0.2) is 0 Å². The van der Waals surface area contributed by atoms with Crippen LogP contribution in [0.4, 0.5) is 0 Å². The van der Waals surface area contributed by atoms with Gasteiger partial charge in [-0.2, -0.15) is 0 Å². The number of ether oxygens (including phenoxy) is 2. The standard InChI is InChI=1S/C24H34N2O4/c1-29-20-14-19(15-21(16-20)30-2)23(27)25-12-9-18(10-13-25)24(28)26-11-5-7-17-6-3-4-8-22(17)26/h14-18,22H,3-13H2,1-2H3/t17-,22-/m1/s1. The number of hydrogen-bond acceptors (Lipinski definition) is 4. The minimum atomic E-state index is -0.0246. The molecule has 0 spiro atoms. The highest BCUT2D eigenvalue weighted by Crippen LogP contribution is 2.37. The van der Waals surface area contributed by atoms with E-state index in [2.05, 4.69) is 4.90 Å². The first-order valence-corrected chi connectivity index (χ1v) is 11.4. The van der Waals surface area contributed by atoms with Crippen molar-refractivity contribution in [2.45, 2.75) is 57.4 Å². The molecule has 6 heteroatoms. The maximum atomic E-state index is 13.3. The van der Waals surface area contributed by atoms with Crippen molar-refractivity contribution >= 4 is 11.8 Å². The Bertz CT molecular complexity index is 748. The molecule has 0 aromatic heterocycles. The molecule has 1 aliphatic carbocycles. The van der Waals surface area contributed by atoms with Gasteiger partial charge in [-0.1, -0.05) is 12.8 Å². The van der Waals surface area contributed by atoms with Gasteiger partial charge in [0.2, 0.25) is 5.91 Å². The number of amides is 2. The Morgan fingerprint density at radius 1 is 0.833 bits per heavy atom. The first kappa shape index (κ1) is 21.0. The Morgan fingerprint density at radius 3 is 2.13 bits per heavy atom. The van der Waals surface area contributed by atoms with Gasteiger partial charge in [-0.15, -0.1) is 0 Å². The monoisotopic (exact) mass is 414 g/mol. The molecule has 2 amide bonds. The molecule has 2 aliphatic heterocycles. The summed E-state index contributed by atoms with van der Waals surface area (Å²) < 4.78 is 10.6. The van der Waals surface area contributed by atoms with Crippen LogP contribution >= 0.6 is 0 Å². The molecule has 2 heterocycles. The lowest BCUT2D eigenvalue weighted by molar-refractivity contribution is -0.143. The lowest BCUT2D eigenvalue weighted by atomic mass is 9.77. The fourth-order valence-corrected chi connectivity index (χ4v) is 5.58. The van der Waals surface area contributed by atoms with Crippen LogP contribution in [0.5, 0.6) is 11.5 Å². The molecule has 6 nitrogen and oxygen atoms in total. The summed E-state index contributed by atoms with van der Waals surface area (Å²) in [5, 5.41) is 0. The molecular weight excluding hydrogens is 380 g/mol. The fourth-order valence-electron chi connectivity index (χ4n) is 5.58. The Kier molecular flexibility index (Phi) is 6.49. The number of carbonyl (C=O) groups excluding carboxylic acids is 2. The number of nitrogens with zero attached hydrogens (tertiary/aromatic N) is 2. The summed E-state index contributed by atoms with van der Waals surface area (Å²) in [4.78, 5) is 30.4. The van der Waals surface area contributed by atoms with Crippen LogP contribution in [0.25, 0.3) is 0 Å². The van der Waals surface area contributed by atoms with E-state index >= 15 is 0 Å². The molecule has 3 fully saturated rings. The summed E-state index contributed by atoms with van der Waals surface area (Å²) in [6.45, 7) is 2.16. The van der Waals surface area contributed by atoms with E-state index in [0.29, 0.717) is 48.0 Å². The summed E-state index contributed by atoms with van der Waals surface area (Å²) >= 11 is 0. The van der Waals surface area contributed by atoms with Crippen LogP contribution in [0.2, 0.25) is 0 Å². The van der Waals surface area contributed by atoms with Crippen LogP contribution in [0, 0.1) is 11.8 Å². The number of hydrogen-bond donors (Lipinski definition) is 0. The Labute approximate surface area is 179 Å². The van der Waals surface area contributed by atoms with Crippen LogP contribution in [0.3, 0.4) is 0 Å². The molecule has 0 unspecified atom stereocenters. The summed E-state index contributed by atoms with van der Waals surface area (Å²) in [6, 6.07) is 5.72. The van der Waals surface area contributed by atoms with Crippen molar-refractivity contribution in [1.29, 1.82) is 0 Å². The summed E-state index contributed by atoms with van der Waals surface area (Å²) in [6.07, 6.45) is 8.95. The molecular formula is C24H34N2O4. The zero-order valence-electron chi connectivity index (χ0n) is 18.3. The normalized spacial score (nSPS) is 24.9. The van der Waals surface area contributed by atoms with E-state index in [0.717, 1.165) is 25.8 Å². The van der Waals surface area contributed by atoms with E-state index < -0.39 is 0 Å². The van der Waals surface area contributed by atoms with E-state index in [-0.39, 0.29) is 11.8 Å². The second-order valence-corrected chi connectivity index (χ2v) is 8.95. The quantitative estimate of drug-likeness (QED) is 0.753. The second kappa shape index (κ2) is 9.27. The second-order valence-electron chi connectivity index (χ2n) is 8.95. The zero-order chi connectivity index (χ0) is 21.1. The van der Waals surface area contributed by atoms with E-state index in [9.17, 15) is 9.59 Å². The number of likely N-dealkylation sites (tertiary alicyclic amines) is 2. The van der Waals surface area contributed by atoms with Gasteiger partial charge in [0.05, 0.1) is 14.2 Å². The average Bonchev–Trinajstić information content (AvgIpc) is 2.82. The summed E-state index contributed by atoms with van der Waals surface area (Å²) in [5.41, 5.74) is 0.567. The molecule has 1 aromatic rings. The number of carbonyl (C=O) groups is 2. The van der Waals surface area contributed by atoms with Crippen molar-refractivity contribution in [3.05, 3.63) is 23.8 Å². The predicted octanol–water partition coefficient (Wildman–Crippen LogP) is 3.74. The van der Waals surface area contributed by atoms with Crippen LogP contribution in [-0.4, -0.2) is 61.5 Å². The van der Waals surface area contributed by atoms with Crippen LogP contribution in [-0.2, 0) is 4.79 Å². The number of rotatable bonds is 4. The van der Waals surface area contributed by atoms with Gasteiger partial charge in [0.25, 0.3) is 5.91 Å². The lowest BCUT2D eigenvalue weighted by Crippen LogP contribution is -2.53. The first-order chi connectivity index (χ1) is 14.6. The van der Waals surface area contributed by atoms with Crippen molar-refractivity contribution in [1.82, 2.24) is 9.80 Å². The van der Waals surface area contributed by atoms with Gasteiger partial charge in [-0.3, -0.25) is 9.59 Å². The molecule has 164 valence electrons. The van der Waals surface area contributed by atoms with Gasteiger partial charge in [-0.25, -0.2) is 0 Å². The Morgan fingerprint density at radius 2 is 1.47 bits per heavy atom. The van der Waals surface area contributed by atoms with Gasteiger partial charge in [-0.05, 0) is 56.6 Å². The van der Waals surface area contributed by atoms with Crippen molar-refractivity contribution in [3.8, 4) is 11.5 Å². The number of piperidine rings is 2. The Hall–Kier alpha value is -2.24. The first-order valence-electron chi connectivity index (χ1n) is 11.4. The number of methoxy groups -OCH3 is 2. The third-order valence-electron chi connectivity index (χ3n) is 7.26. The third-order valence-corrected chi connectivity index (χ3v) is 7.26. The van der Waals surface area contributed by atoms with Crippen LogP contribution in [0.15, 0.2) is 18.2 Å². The molecule has 2 saturated heterocycles. The zero-order valence-corrected chi connectivity index (χ0v) is 18.3. The fraction of sp³-hybridized carbons (Fsp3) is 0.667. The smallest absolute Gasteiger partial charge is 0.254 e. The highest BCUT2D eigenvalue weighted by Gasteiger charge is 2.39. The number of fused-ring (bicyclic) bond motifs is 1. The molecule has 2 atom stereocenters. The summed E-state index contributed by atoms with van der Waals surface area (Å²) in [7, 11) is 3.16. The molecule has 4 rings (SSSR count). The highest BCUT2D eigenvalue weighted by atomic mass is 16.5. The molecule has 0 N–H and O–H groups in total. The SMILES string of the molecule is COc1cc(OC)cc(C(=O)N2CCC(C(=O)N3CCC[C@H]4CCCC[C@H]43)CC2)c1. The number of benzene rings is 1. The topological polar surface area (TPSA) is 59.1 Å².